The van der Waals surface area contributed by atoms with Gasteiger partial charge in [0.25, 0.3) is 11.8 Å². The number of nitrogens with one attached hydrogen (secondary N) is 1. The van der Waals surface area contributed by atoms with Crippen LogP contribution in [0.25, 0.3) is 0 Å². The van der Waals surface area contributed by atoms with Crippen molar-refractivity contribution in [3.8, 4) is 5.75 Å². The zero-order valence-electron chi connectivity index (χ0n) is 14.4. The number of likely N-dealkylation sites (tertiary alicyclic amines) is 1. The summed E-state index contributed by atoms with van der Waals surface area (Å²) in [5, 5.41) is 2.67. The van der Waals surface area contributed by atoms with E-state index in [2.05, 4.69) is 5.32 Å². The number of hydrogen-bond donors (Lipinski definition) is 1. The number of piperidine rings is 1. The van der Waals surface area contributed by atoms with Crippen LogP contribution in [0, 0.1) is 5.82 Å². The van der Waals surface area contributed by atoms with Crippen LogP contribution in [0.3, 0.4) is 0 Å². The first-order valence-electron chi connectivity index (χ1n) is 8.70. The maximum atomic E-state index is 13.4. The molecule has 5 nitrogen and oxygen atoms in total. The molecule has 0 saturated carbocycles. The fraction of sp³-hybridized carbons (Fsp3) is 0.300. The van der Waals surface area contributed by atoms with Gasteiger partial charge in [0.15, 0.2) is 18.2 Å². The number of benzene rings is 2. The molecular weight excluding hydrogens is 335 g/mol. The van der Waals surface area contributed by atoms with Crippen molar-refractivity contribution in [3.05, 3.63) is 59.9 Å². The number of halogens is 1. The molecule has 1 heterocycles. The predicted molar refractivity (Wildman–Crippen MR) is 96.7 cm³/mol. The molecule has 0 atom stereocenters. The van der Waals surface area contributed by atoms with E-state index in [1.807, 2.05) is 4.90 Å². The number of anilines is 1. The molecule has 0 radical (unpaired) electrons. The van der Waals surface area contributed by atoms with Crippen LogP contribution in [0.4, 0.5) is 10.1 Å². The number of para-hydroxylation sites is 1. The molecule has 1 saturated heterocycles. The van der Waals surface area contributed by atoms with Gasteiger partial charge < -0.3 is 15.0 Å². The van der Waals surface area contributed by atoms with E-state index in [-0.39, 0.29) is 18.3 Å². The van der Waals surface area contributed by atoms with Gasteiger partial charge >= 0.3 is 0 Å². The molecule has 2 amide bonds. The predicted octanol–water partition coefficient (Wildman–Crippen LogP) is 3.47. The lowest BCUT2D eigenvalue weighted by molar-refractivity contribution is -0.118. The van der Waals surface area contributed by atoms with Crippen LogP contribution in [-0.4, -0.2) is 36.4 Å². The lowest BCUT2D eigenvalue weighted by Gasteiger charge is -2.26. The summed E-state index contributed by atoms with van der Waals surface area (Å²) in [7, 11) is 0. The van der Waals surface area contributed by atoms with Gasteiger partial charge in [-0.25, -0.2) is 4.39 Å². The van der Waals surface area contributed by atoms with E-state index in [1.165, 1.54) is 18.6 Å². The molecule has 0 aromatic heterocycles. The molecule has 0 unspecified atom stereocenters. The highest BCUT2D eigenvalue weighted by atomic mass is 19.1. The van der Waals surface area contributed by atoms with Gasteiger partial charge in [-0.15, -0.1) is 0 Å². The number of carbonyl (C=O) groups is 2. The number of carbonyl (C=O) groups excluding carboxylic acids is 2. The first kappa shape index (κ1) is 17.9. The summed E-state index contributed by atoms with van der Waals surface area (Å²) in [5.74, 6) is -0.861. The van der Waals surface area contributed by atoms with E-state index < -0.39 is 11.7 Å². The van der Waals surface area contributed by atoms with E-state index in [9.17, 15) is 14.0 Å². The molecule has 2 aromatic rings. The fourth-order valence-corrected chi connectivity index (χ4v) is 2.88. The summed E-state index contributed by atoms with van der Waals surface area (Å²) < 4.78 is 18.6. The number of rotatable bonds is 5. The monoisotopic (exact) mass is 356 g/mol. The minimum atomic E-state index is -0.513. The Morgan fingerprint density at radius 1 is 1.00 bits per heavy atom. The number of hydrogen-bond acceptors (Lipinski definition) is 3. The Kier molecular flexibility index (Phi) is 5.84. The minimum absolute atomic E-state index is 0.0189. The topological polar surface area (TPSA) is 58.6 Å². The van der Waals surface area contributed by atoms with Crippen LogP contribution >= 0.6 is 0 Å². The number of amides is 2. The SMILES string of the molecule is O=C(COc1ccccc1F)Nc1ccc(C(=O)N2CCCCC2)cc1. The van der Waals surface area contributed by atoms with Crippen LogP contribution < -0.4 is 10.1 Å². The molecule has 1 N–H and O–H groups in total. The molecule has 0 spiro atoms. The zero-order chi connectivity index (χ0) is 18.4. The molecule has 1 aliphatic rings. The summed E-state index contributed by atoms with van der Waals surface area (Å²) in [4.78, 5) is 26.2. The molecule has 2 aromatic carbocycles. The molecule has 0 bridgehead atoms. The van der Waals surface area contributed by atoms with Crippen molar-refractivity contribution in [3.63, 3.8) is 0 Å². The number of ether oxygens (including phenoxy) is 1. The van der Waals surface area contributed by atoms with Crippen LogP contribution in [0.2, 0.25) is 0 Å². The van der Waals surface area contributed by atoms with E-state index in [0.717, 1.165) is 25.9 Å². The lowest BCUT2D eigenvalue weighted by atomic mass is 10.1. The number of nitrogens with zero attached hydrogens (tertiary/aromatic N) is 1. The van der Waals surface area contributed by atoms with Crippen LogP contribution in [0.15, 0.2) is 48.5 Å². The Morgan fingerprint density at radius 3 is 2.38 bits per heavy atom. The van der Waals surface area contributed by atoms with E-state index in [1.54, 1.807) is 36.4 Å². The van der Waals surface area contributed by atoms with Crippen LogP contribution in [0.1, 0.15) is 29.6 Å². The van der Waals surface area contributed by atoms with Gasteiger partial charge in [-0.2, -0.15) is 0 Å². The van der Waals surface area contributed by atoms with Gasteiger partial charge in [-0.3, -0.25) is 9.59 Å². The molecule has 6 heteroatoms. The maximum absolute atomic E-state index is 13.4. The van der Waals surface area contributed by atoms with Crippen LogP contribution in [0.5, 0.6) is 5.75 Å². The second-order valence-electron chi connectivity index (χ2n) is 6.20. The molecular formula is C20H21FN2O3. The van der Waals surface area contributed by atoms with Crippen molar-refractivity contribution >= 4 is 17.5 Å². The van der Waals surface area contributed by atoms with Gasteiger partial charge in [0.2, 0.25) is 0 Å². The third-order valence-electron chi connectivity index (χ3n) is 4.25. The fourth-order valence-electron chi connectivity index (χ4n) is 2.88. The van der Waals surface area contributed by atoms with E-state index in [0.29, 0.717) is 11.3 Å². The first-order valence-corrected chi connectivity index (χ1v) is 8.70. The highest BCUT2D eigenvalue weighted by molar-refractivity contribution is 5.96. The average molecular weight is 356 g/mol. The molecule has 1 aliphatic heterocycles. The lowest BCUT2D eigenvalue weighted by Crippen LogP contribution is -2.35. The summed E-state index contributed by atoms with van der Waals surface area (Å²) in [5.41, 5.74) is 1.16. The van der Waals surface area contributed by atoms with Crippen LogP contribution in [-0.2, 0) is 4.79 Å². The Hall–Kier alpha value is -2.89. The molecule has 3 rings (SSSR count). The molecule has 0 aliphatic carbocycles. The highest BCUT2D eigenvalue weighted by Gasteiger charge is 2.18. The van der Waals surface area contributed by atoms with Crippen molar-refractivity contribution in [2.75, 3.05) is 25.0 Å². The molecule has 136 valence electrons. The van der Waals surface area contributed by atoms with Crippen molar-refractivity contribution in [1.82, 2.24) is 4.90 Å². The standard InChI is InChI=1S/C20H21FN2O3/c21-17-6-2-3-7-18(17)26-14-19(24)22-16-10-8-15(9-11-16)20(25)23-12-4-1-5-13-23/h2-3,6-11H,1,4-5,12-14H2,(H,22,24). The second kappa shape index (κ2) is 8.47. The summed E-state index contributed by atoms with van der Waals surface area (Å²) >= 11 is 0. The largest absolute Gasteiger partial charge is 0.481 e. The summed E-state index contributed by atoms with van der Waals surface area (Å²) in [6.45, 7) is 1.30. The van der Waals surface area contributed by atoms with E-state index >= 15 is 0 Å². The van der Waals surface area contributed by atoms with Gasteiger partial charge in [0, 0.05) is 24.3 Å². The smallest absolute Gasteiger partial charge is 0.262 e. The van der Waals surface area contributed by atoms with Crippen molar-refractivity contribution < 1.29 is 18.7 Å². The Morgan fingerprint density at radius 2 is 1.69 bits per heavy atom. The third kappa shape index (κ3) is 4.59. The van der Waals surface area contributed by atoms with Gasteiger partial charge in [0.1, 0.15) is 0 Å². The normalized spacial score (nSPS) is 14.0. The van der Waals surface area contributed by atoms with Crippen molar-refractivity contribution in [1.29, 1.82) is 0 Å². The third-order valence-corrected chi connectivity index (χ3v) is 4.25. The Bertz CT molecular complexity index is 771. The van der Waals surface area contributed by atoms with E-state index in [4.69, 9.17) is 4.74 Å². The Balaban J connectivity index is 1.52. The molecule has 1 fully saturated rings. The summed E-state index contributed by atoms with van der Waals surface area (Å²) in [6, 6.07) is 12.7. The van der Waals surface area contributed by atoms with Gasteiger partial charge in [-0.1, -0.05) is 12.1 Å². The quantitative estimate of drug-likeness (QED) is 0.892. The zero-order valence-corrected chi connectivity index (χ0v) is 14.4. The van der Waals surface area contributed by atoms with Crippen molar-refractivity contribution in [2.24, 2.45) is 0 Å². The minimum Gasteiger partial charge on any atom is -0.481 e. The summed E-state index contributed by atoms with van der Waals surface area (Å²) in [6.07, 6.45) is 3.26. The average Bonchev–Trinajstić information content (AvgIpc) is 2.68. The second-order valence-corrected chi connectivity index (χ2v) is 6.20. The highest BCUT2D eigenvalue weighted by Crippen LogP contribution is 2.17. The van der Waals surface area contributed by atoms with Gasteiger partial charge in [-0.05, 0) is 55.7 Å². The maximum Gasteiger partial charge on any atom is 0.262 e. The van der Waals surface area contributed by atoms with Crippen molar-refractivity contribution in [2.45, 2.75) is 19.3 Å². The van der Waals surface area contributed by atoms with Gasteiger partial charge in [0.05, 0.1) is 0 Å². The molecule has 26 heavy (non-hydrogen) atoms. The first-order chi connectivity index (χ1) is 12.6. The Labute approximate surface area is 151 Å².